The number of benzene rings is 1. The Morgan fingerprint density at radius 1 is 0.778 bits per heavy atom. The summed E-state index contributed by atoms with van der Waals surface area (Å²) in [6, 6.07) is 4.35. The van der Waals surface area contributed by atoms with E-state index < -0.39 is 17.9 Å². The molecule has 0 heterocycles. The molecule has 1 rings (SSSR count). The number of esters is 3. The molecule has 0 aliphatic heterocycles. The fourth-order valence-electron chi connectivity index (χ4n) is 1.21. The Morgan fingerprint density at radius 3 is 1.50 bits per heavy atom. The predicted molar refractivity (Wildman–Crippen MR) is 60.4 cm³/mol. The van der Waals surface area contributed by atoms with Gasteiger partial charge in [0.2, 0.25) is 5.75 Å². The zero-order valence-corrected chi connectivity index (χ0v) is 10.2. The molecule has 6 heteroatoms. The molecule has 0 aliphatic carbocycles. The minimum absolute atomic E-state index is 0.0106. The lowest BCUT2D eigenvalue weighted by molar-refractivity contribution is -0.135. The Morgan fingerprint density at radius 2 is 1.17 bits per heavy atom. The van der Waals surface area contributed by atoms with Crippen molar-refractivity contribution >= 4 is 17.9 Å². The van der Waals surface area contributed by atoms with Gasteiger partial charge in [-0.05, 0) is 12.1 Å². The first kappa shape index (κ1) is 13.7. The van der Waals surface area contributed by atoms with Gasteiger partial charge < -0.3 is 14.2 Å². The second-order valence-corrected chi connectivity index (χ2v) is 3.36. The van der Waals surface area contributed by atoms with Crippen molar-refractivity contribution in [2.75, 3.05) is 0 Å². The lowest BCUT2D eigenvalue weighted by Gasteiger charge is -2.12. The van der Waals surface area contributed by atoms with Crippen LogP contribution in [0.15, 0.2) is 18.2 Å². The van der Waals surface area contributed by atoms with Crippen LogP contribution in [0.3, 0.4) is 0 Å². The third-order valence-corrected chi connectivity index (χ3v) is 1.70. The van der Waals surface area contributed by atoms with Crippen LogP contribution in [0.2, 0.25) is 0 Å². The summed E-state index contributed by atoms with van der Waals surface area (Å²) in [5, 5.41) is 0. The maximum atomic E-state index is 11.0. The van der Waals surface area contributed by atoms with E-state index in [0.717, 1.165) is 0 Å². The number of hydrogen-bond donors (Lipinski definition) is 0. The molecule has 0 aliphatic rings. The molecule has 0 amide bonds. The number of carbonyl (C=O) groups is 3. The highest BCUT2D eigenvalue weighted by atomic mass is 16.6. The van der Waals surface area contributed by atoms with E-state index in [1.807, 2.05) is 0 Å². The highest BCUT2D eigenvalue weighted by molar-refractivity contribution is 5.77. The van der Waals surface area contributed by atoms with E-state index in [4.69, 9.17) is 14.2 Å². The van der Waals surface area contributed by atoms with Gasteiger partial charge in [0.15, 0.2) is 11.5 Å². The zero-order valence-electron chi connectivity index (χ0n) is 10.2. The fourth-order valence-corrected chi connectivity index (χ4v) is 1.21. The third kappa shape index (κ3) is 3.89. The summed E-state index contributed by atoms with van der Waals surface area (Å²) in [7, 11) is 0. The minimum atomic E-state index is -0.622. The molecule has 0 bridgehead atoms. The largest absolute Gasteiger partial charge is 0.423 e. The van der Waals surface area contributed by atoms with Crippen molar-refractivity contribution in [3.05, 3.63) is 18.2 Å². The van der Waals surface area contributed by atoms with E-state index in [-0.39, 0.29) is 17.2 Å². The molecule has 1 aromatic rings. The molecular weight excluding hydrogens is 240 g/mol. The van der Waals surface area contributed by atoms with Gasteiger partial charge in [-0.15, -0.1) is 0 Å². The van der Waals surface area contributed by atoms with Gasteiger partial charge in [-0.25, -0.2) is 0 Å². The van der Waals surface area contributed by atoms with Crippen LogP contribution in [0.1, 0.15) is 20.8 Å². The SMILES string of the molecule is CC(=O)Oc1cccc(OC(C)=O)c1OC(C)=O. The Labute approximate surface area is 103 Å². The predicted octanol–water partition coefficient (Wildman–Crippen LogP) is 1.46. The van der Waals surface area contributed by atoms with Gasteiger partial charge in [-0.2, -0.15) is 0 Å². The maximum Gasteiger partial charge on any atom is 0.308 e. The van der Waals surface area contributed by atoms with Crippen LogP contribution >= 0.6 is 0 Å². The molecule has 96 valence electrons. The van der Waals surface area contributed by atoms with Gasteiger partial charge >= 0.3 is 17.9 Å². The highest BCUT2D eigenvalue weighted by Crippen LogP contribution is 2.37. The lowest BCUT2D eigenvalue weighted by atomic mass is 10.3. The van der Waals surface area contributed by atoms with Crippen molar-refractivity contribution in [1.29, 1.82) is 0 Å². The molecule has 1 aromatic carbocycles. The lowest BCUT2D eigenvalue weighted by Crippen LogP contribution is -2.10. The van der Waals surface area contributed by atoms with Gasteiger partial charge in [0.25, 0.3) is 0 Å². The first-order valence-corrected chi connectivity index (χ1v) is 5.08. The molecule has 0 radical (unpaired) electrons. The first-order valence-electron chi connectivity index (χ1n) is 5.08. The molecule has 0 saturated carbocycles. The van der Waals surface area contributed by atoms with Crippen molar-refractivity contribution in [1.82, 2.24) is 0 Å². The number of carbonyl (C=O) groups excluding carboxylic acids is 3. The Balaban J connectivity index is 3.19. The quantitative estimate of drug-likeness (QED) is 0.598. The molecule has 0 unspecified atom stereocenters. The molecule has 6 nitrogen and oxygen atoms in total. The summed E-state index contributed by atoms with van der Waals surface area (Å²) >= 11 is 0. The number of rotatable bonds is 3. The molecule has 0 spiro atoms. The molecule has 0 N–H and O–H groups in total. The zero-order chi connectivity index (χ0) is 13.7. The van der Waals surface area contributed by atoms with E-state index in [2.05, 4.69) is 0 Å². The van der Waals surface area contributed by atoms with Crippen molar-refractivity contribution in [2.45, 2.75) is 20.8 Å². The smallest absolute Gasteiger partial charge is 0.308 e. The maximum absolute atomic E-state index is 11.0. The summed E-state index contributed by atoms with van der Waals surface area (Å²) in [6.07, 6.45) is 0. The Kier molecular flexibility index (Phi) is 4.42. The summed E-state index contributed by atoms with van der Waals surface area (Å²) < 4.78 is 14.6. The van der Waals surface area contributed by atoms with Gasteiger partial charge in [-0.3, -0.25) is 14.4 Å². The number of para-hydroxylation sites is 1. The molecule has 0 aromatic heterocycles. The number of ether oxygens (including phenoxy) is 3. The Bertz CT molecular complexity index is 457. The minimum Gasteiger partial charge on any atom is -0.423 e. The average molecular weight is 252 g/mol. The molecule has 18 heavy (non-hydrogen) atoms. The van der Waals surface area contributed by atoms with E-state index in [1.165, 1.54) is 39.0 Å². The summed E-state index contributed by atoms with van der Waals surface area (Å²) in [6.45, 7) is 3.59. The van der Waals surface area contributed by atoms with Gasteiger partial charge in [0, 0.05) is 20.8 Å². The van der Waals surface area contributed by atoms with Gasteiger partial charge in [0.1, 0.15) is 0 Å². The van der Waals surface area contributed by atoms with Crippen LogP contribution in [0.4, 0.5) is 0 Å². The van der Waals surface area contributed by atoms with Crippen LogP contribution in [-0.2, 0) is 14.4 Å². The third-order valence-electron chi connectivity index (χ3n) is 1.70. The van der Waals surface area contributed by atoms with Gasteiger partial charge in [-0.1, -0.05) is 6.07 Å². The summed E-state index contributed by atoms with van der Waals surface area (Å²) in [5.74, 6) is -1.86. The van der Waals surface area contributed by atoms with Gasteiger partial charge in [0.05, 0.1) is 0 Å². The molecule has 0 fully saturated rings. The summed E-state index contributed by atoms with van der Waals surface area (Å²) in [4.78, 5) is 32.8. The number of hydrogen-bond acceptors (Lipinski definition) is 6. The molecular formula is C12H12O6. The second kappa shape index (κ2) is 5.81. The topological polar surface area (TPSA) is 78.9 Å². The summed E-state index contributed by atoms with van der Waals surface area (Å²) in [5.41, 5.74) is 0. The van der Waals surface area contributed by atoms with Crippen molar-refractivity contribution in [3.63, 3.8) is 0 Å². The van der Waals surface area contributed by atoms with Crippen LogP contribution < -0.4 is 14.2 Å². The Hall–Kier alpha value is -2.37. The van der Waals surface area contributed by atoms with Crippen molar-refractivity contribution in [3.8, 4) is 17.2 Å². The molecule has 0 saturated heterocycles. The fraction of sp³-hybridized carbons (Fsp3) is 0.250. The highest BCUT2D eigenvalue weighted by Gasteiger charge is 2.17. The van der Waals surface area contributed by atoms with Crippen LogP contribution in [0, 0.1) is 0 Å². The van der Waals surface area contributed by atoms with Crippen molar-refractivity contribution < 1.29 is 28.6 Å². The second-order valence-electron chi connectivity index (χ2n) is 3.36. The van der Waals surface area contributed by atoms with E-state index in [1.54, 1.807) is 0 Å². The van der Waals surface area contributed by atoms with E-state index >= 15 is 0 Å². The average Bonchev–Trinajstić information content (AvgIpc) is 2.20. The van der Waals surface area contributed by atoms with E-state index in [0.29, 0.717) is 0 Å². The molecule has 0 atom stereocenters. The van der Waals surface area contributed by atoms with E-state index in [9.17, 15) is 14.4 Å². The monoisotopic (exact) mass is 252 g/mol. The van der Waals surface area contributed by atoms with Crippen LogP contribution in [0.25, 0.3) is 0 Å². The standard InChI is InChI=1S/C12H12O6/c1-7(13)16-10-5-4-6-11(17-8(2)14)12(10)18-9(3)15/h4-6H,1-3H3. The van der Waals surface area contributed by atoms with Crippen LogP contribution in [-0.4, -0.2) is 17.9 Å². The first-order chi connectivity index (χ1) is 8.40. The normalized spacial score (nSPS) is 9.50. The van der Waals surface area contributed by atoms with Crippen molar-refractivity contribution in [2.24, 2.45) is 0 Å². The van der Waals surface area contributed by atoms with Crippen LogP contribution in [0.5, 0.6) is 17.2 Å².